The molecule has 0 spiro atoms. The van der Waals surface area contributed by atoms with E-state index in [0.717, 1.165) is 17.8 Å². The van der Waals surface area contributed by atoms with Crippen LogP contribution in [0.4, 0.5) is 10.1 Å². The summed E-state index contributed by atoms with van der Waals surface area (Å²) < 4.78 is 13.2. The Balaban J connectivity index is 2.19. The Labute approximate surface area is 147 Å². The average Bonchev–Trinajstić information content (AvgIpc) is 2.54. The molecule has 0 radical (unpaired) electrons. The van der Waals surface area contributed by atoms with Crippen molar-refractivity contribution >= 4 is 23.0 Å². The number of nitrogens with zero attached hydrogens (tertiary/aromatic N) is 2. The Morgan fingerprint density at radius 1 is 1.12 bits per heavy atom. The van der Waals surface area contributed by atoms with Crippen LogP contribution >= 0.6 is 12.2 Å². The van der Waals surface area contributed by atoms with Crippen LogP contribution in [0.1, 0.15) is 5.56 Å². The van der Waals surface area contributed by atoms with E-state index < -0.39 is 0 Å². The number of phenolic OH excluding ortho intramolecular Hbond substituents is 1. The average molecular weight is 347 g/mol. The van der Waals surface area contributed by atoms with Crippen molar-refractivity contribution in [1.29, 1.82) is 0 Å². The Bertz CT molecular complexity index is 676. The summed E-state index contributed by atoms with van der Waals surface area (Å²) in [5.41, 5.74) is 1.51. The minimum absolute atomic E-state index is 0.209. The van der Waals surface area contributed by atoms with Gasteiger partial charge in [-0.3, -0.25) is 0 Å². The van der Waals surface area contributed by atoms with Crippen LogP contribution in [0.25, 0.3) is 0 Å². The first-order valence-electron chi connectivity index (χ1n) is 7.70. The van der Waals surface area contributed by atoms with Crippen LogP contribution in [0.15, 0.2) is 48.5 Å². The van der Waals surface area contributed by atoms with Gasteiger partial charge in [-0.05, 0) is 56.6 Å². The van der Waals surface area contributed by atoms with Crippen molar-refractivity contribution in [3.63, 3.8) is 0 Å². The van der Waals surface area contributed by atoms with Crippen LogP contribution in [0.5, 0.6) is 5.75 Å². The van der Waals surface area contributed by atoms with Gasteiger partial charge in [-0.1, -0.05) is 18.2 Å². The third-order valence-electron chi connectivity index (χ3n) is 3.54. The lowest BCUT2D eigenvalue weighted by atomic mass is 10.2. The molecule has 0 aliphatic heterocycles. The monoisotopic (exact) mass is 347 g/mol. The van der Waals surface area contributed by atoms with Crippen LogP contribution in [-0.4, -0.2) is 42.3 Å². The molecule has 0 fully saturated rings. The topological polar surface area (TPSA) is 38.7 Å². The summed E-state index contributed by atoms with van der Waals surface area (Å²) in [7, 11) is 3.98. The maximum absolute atomic E-state index is 13.2. The fraction of sp³-hybridized carbons (Fsp3) is 0.278. The molecule has 128 valence electrons. The number of benzene rings is 2. The van der Waals surface area contributed by atoms with E-state index in [-0.39, 0.29) is 11.6 Å². The van der Waals surface area contributed by atoms with E-state index in [0.29, 0.717) is 18.2 Å². The van der Waals surface area contributed by atoms with Gasteiger partial charge in [0.15, 0.2) is 5.11 Å². The molecule has 0 atom stereocenters. The number of aromatic hydroxyl groups is 1. The van der Waals surface area contributed by atoms with Crippen LogP contribution in [-0.2, 0) is 6.54 Å². The Kier molecular flexibility index (Phi) is 6.52. The SMILES string of the molecule is CN(C)CCNC(=S)N(Cc1ccccc1O)c1ccc(F)cc1. The number of phenols is 1. The second-order valence-electron chi connectivity index (χ2n) is 5.73. The van der Waals surface area contributed by atoms with E-state index in [9.17, 15) is 9.50 Å². The molecule has 0 amide bonds. The smallest absolute Gasteiger partial charge is 0.173 e. The van der Waals surface area contributed by atoms with Crippen molar-refractivity contribution in [2.45, 2.75) is 6.54 Å². The first-order valence-corrected chi connectivity index (χ1v) is 8.10. The normalized spacial score (nSPS) is 10.7. The van der Waals surface area contributed by atoms with Gasteiger partial charge in [-0.15, -0.1) is 0 Å². The van der Waals surface area contributed by atoms with Crippen LogP contribution in [0.2, 0.25) is 0 Å². The lowest BCUT2D eigenvalue weighted by Crippen LogP contribution is -2.42. The van der Waals surface area contributed by atoms with Gasteiger partial charge >= 0.3 is 0 Å². The summed E-state index contributed by atoms with van der Waals surface area (Å²) >= 11 is 5.51. The molecule has 0 aliphatic carbocycles. The molecule has 0 saturated heterocycles. The second kappa shape index (κ2) is 8.61. The maximum atomic E-state index is 13.2. The van der Waals surface area contributed by atoms with Gasteiger partial charge in [0.2, 0.25) is 0 Å². The van der Waals surface area contributed by atoms with E-state index in [1.807, 2.05) is 31.1 Å². The zero-order valence-electron chi connectivity index (χ0n) is 13.9. The number of rotatable bonds is 6. The van der Waals surface area contributed by atoms with E-state index in [2.05, 4.69) is 10.2 Å². The van der Waals surface area contributed by atoms with E-state index in [4.69, 9.17) is 12.2 Å². The summed E-state index contributed by atoms with van der Waals surface area (Å²) in [6.07, 6.45) is 0. The number of hydrogen-bond donors (Lipinski definition) is 2. The van der Waals surface area contributed by atoms with Crippen molar-refractivity contribution in [3.05, 3.63) is 59.9 Å². The Morgan fingerprint density at radius 3 is 2.42 bits per heavy atom. The molecule has 0 heterocycles. The molecule has 0 saturated carbocycles. The minimum atomic E-state index is -0.298. The number of thiocarbonyl (C=S) groups is 1. The standard InChI is InChI=1S/C18H22FN3OS/c1-21(2)12-11-20-18(24)22(16-9-7-15(19)8-10-16)13-14-5-3-4-6-17(14)23/h3-10,23H,11-13H2,1-2H3,(H,20,24). The third-order valence-corrected chi connectivity index (χ3v) is 3.90. The molecule has 6 heteroatoms. The molecule has 0 unspecified atom stereocenters. The maximum Gasteiger partial charge on any atom is 0.173 e. The first-order chi connectivity index (χ1) is 11.5. The van der Waals surface area contributed by atoms with Crippen molar-refractivity contribution < 1.29 is 9.50 Å². The number of nitrogens with one attached hydrogen (secondary N) is 1. The minimum Gasteiger partial charge on any atom is -0.508 e. The van der Waals surface area contributed by atoms with Crippen molar-refractivity contribution in [2.75, 3.05) is 32.1 Å². The highest BCUT2D eigenvalue weighted by atomic mass is 32.1. The van der Waals surface area contributed by atoms with E-state index in [1.54, 1.807) is 24.3 Å². The highest BCUT2D eigenvalue weighted by molar-refractivity contribution is 7.80. The van der Waals surface area contributed by atoms with Crippen molar-refractivity contribution in [1.82, 2.24) is 10.2 Å². The lowest BCUT2D eigenvalue weighted by Gasteiger charge is -2.27. The van der Waals surface area contributed by atoms with Crippen LogP contribution in [0.3, 0.4) is 0 Å². The molecular formula is C18H22FN3OS. The number of anilines is 1. The van der Waals surface area contributed by atoms with Gasteiger partial charge in [0, 0.05) is 24.3 Å². The zero-order chi connectivity index (χ0) is 17.5. The number of likely N-dealkylation sites (N-methyl/N-ethyl adjacent to an activating group) is 1. The molecule has 4 nitrogen and oxygen atoms in total. The number of halogens is 1. The summed E-state index contributed by atoms with van der Waals surface area (Å²) in [6.45, 7) is 1.93. The van der Waals surface area contributed by atoms with Gasteiger partial charge in [0.25, 0.3) is 0 Å². The van der Waals surface area contributed by atoms with Crippen molar-refractivity contribution in [3.8, 4) is 5.75 Å². The van der Waals surface area contributed by atoms with Crippen LogP contribution in [0, 0.1) is 5.82 Å². The van der Waals surface area contributed by atoms with Gasteiger partial charge in [-0.25, -0.2) is 4.39 Å². The molecule has 24 heavy (non-hydrogen) atoms. The van der Waals surface area contributed by atoms with Gasteiger partial charge in [-0.2, -0.15) is 0 Å². The van der Waals surface area contributed by atoms with E-state index >= 15 is 0 Å². The molecule has 0 aliphatic rings. The molecule has 0 bridgehead atoms. The fourth-order valence-corrected chi connectivity index (χ4v) is 2.47. The summed E-state index contributed by atoms with van der Waals surface area (Å²) in [5.74, 6) is -0.0894. The number of hydrogen-bond acceptors (Lipinski definition) is 3. The van der Waals surface area contributed by atoms with Gasteiger partial charge in [0.05, 0.1) is 6.54 Å². The summed E-state index contributed by atoms with van der Waals surface area (Å²) in [4.78, 5) is 3.90. The highest BCUT2D eigenvalue weighted by Gasteiger charge is 2.14. The zero-order valence-corrected chi connectivity index (χ0v) is 14.7. The summed E-state index contributed by atoms with van der Waals surface area (Å²) in [5, 5.41) is 13.8. The van der Waals surface area contributed by atoms with E-state index in [1.165, 1.54) is 12.1 Å². The van der Waals surface area contributed by atoms with Crippen LogP contribution < -0.4 is 10.2 Å². The molecular weight excluding hydrogens is 325 g/mol. The predicted octanol–water partition coefficient (Wildman–Crippen LogP) is 2.97. The van der Waals surface area contributed by atoms with Gasteiger partial charge in [0.1, 0.15) is 11.6 Å². The summed E-state index contributed by atoms with van der Waals surface area (Å²) in [6, 6.07) is 13.3. The fourth-order valence-electron chi connectivity index (χ4n) is 2.20. The molecule has 0 aromatic heterocycles. The molecule has 2 rings (SSSR count). The Hall–Kier alpha value is -2.18. The third kappa shape index (κ3) is 5.18. The molecule has 2 aromatic rings. The molecule has 2 N–H and O–H groups in total. The predicted molar refractivity (Wildman–Crippen MR) is 99.8 cm³/mol. The van der Waals surface area contributed by atoms with Gasteiger partial charge < -0.3 is 20.2 Å². The second-order valence-corrected chi connectivity index (χ2v) is 6.11. The number of para-hydroxylation sites is 1. The highest BCUT2D eigenvalue weighted by Crippen LogP contribution is 2.22. The quantitative estimate of drug-likeness (QED) is 0.786. The first kappa shape index (κ1) is 18.2. The lowest BCUT2D eigenvalue weighted by molar-refractivity contribution is 0.412. The largest absolute Gasteiger partial charge is 0.508 e. The Morgan fingerprint density at radius 2 is 1.79 bits per heavy atom. The molecule has 2 aromatic carbocycles. The van der Waals surface area contributed by atoms with Crippen molar-refractivity contribution in [2.24, 2.45) is 0 Å².